The minimum absolute atomic E-state index is 0.832. The normalized spacial score (nSPS) is 19.1. The van der Waals surface area contributed by atoms with Crippen molar-refractivity contribution >= 4 is 0 Å². The second-order valence-electron chi connectivity index (χ2n) is 4.67. The predicted octanol–water partition coefficient (Wildman–Crippen LogP) is 0.0818. The van der Waals surface area contributed by atoms with Gasteiger partial charge in [-0.1, -0.05) is 0 Å². The second kappa shape index (κ2) is 8.93. The number of unbranched alkanes of at least 4 members (excludes halogenated alkanes) is 2. The summed E-state index contributed by atoms with van der Waals surface area (Å²) in [5.41, 5.74) is 11.0. The van der Waals surface area contributed by atoms with E-state index in [4.69, 9.17) is 11.5 Å². The van der Waals surface area contributed by atoms with Crippen LogP contribution in [-0.4, -0.2) is 62.2 Å². The summed E-state index contributed by atoms with van der Waals surface area (Å²) in [4.78, 5) is 5.13. The molecule has 4 N–H and O–H groups in total. The van der Waals surface area contributed by atoms with Crippen molar-refractivity contribution < 1.29 is 0 Å². The van der Waals surface area contributed by atoms with Crippen LogP contribution in [0.25, 0.3) is 0 Å². The lowest BCUT2D eigenvalue weighted by molar-refractivity contribution is 0.129. The molecule has 0 radical (unpaired) electrons. The van der Waals surface area contributed by atoms with Crippen molar-refractivity contribution in [1.29, 1.82) is 0 Å². The maximum atomic E-state index is 5.50. The van der Waals surface area contributed by atoms with E-state index in [2.05, 4.69) is 9.80 Å². The van der Waals surface area contributed by atoms with Crippen LogP contribution in [0.5, 0.6) is 0 Å². The van der Waals surface area contributed by atoms with Crippen LogP contribution in [0.15, 0.2) is 0 Å². The summed E-state index contributed by atoms with van der Waals surface area (Å²) >= 11 is 0. The average molecular weight is 228 g/mol. The Kier molecular flexibility index (Phi) is 7.76. The Hall–Kier alpha value is -0.160. The van der Waals surface area contributed by atoms with Crippen molar-refractivity contribution in [1.82, 2.24) is 9.80 Å². The molecule has 0 spiro atoms. The van der Waals surface area contributed by atoms with Crippen LogP contribution in [0, 0.1) is 0 Å². The third-order valence-electron chi connectivity index (χ3n) is 3.32. The number of nitrogens with two attached hydrogens (primary N) is 2. The summed E-state index contributed by atoms with van der Waals surface area (Å²) < 4.78 is 0. The highest BCUT2D eigenvalue weighted by Gasteiger charge is 2.15. The molecule has 0 aromatic carbocycles. The van der Waals surface area contributed by atoms with Gasteiger partial charge in [-0.25, -0.2) is 0 Å². The third kappa shape index (κ3) is 5.80. The quantitative estimate of drug-likeness (QED) is 0.578. The zero-order valence-corrected chi connectivity index (χ0v) is 10.5. The fraction of sp³-hybridized carbons (Fsp3) is 1.00. The molecule has 16 heavy (non-hydrogen) atoms. The molecule has 0 atom stereocenters. The molecule has 4 nitrogen and oxygen atoms in total. The molecule has 0 aromatic heterocycles. The number of piperazine rings is 1. The molecule has 1 heterocycles. The minimum atomic E-state index is 0.832. The maximum Gasteiger partial charge on any atom is 0.0110 e. The standard InChI is InChI=1S/C12H28N4/c13-5-1-3-7-15-9-11-16(12-10-15)8-4-2-6-14/h1-14H2. The SMILES string of the molecule is NCCCCN1CCN(CCCCN)CC1. The zero-order valence-electron chi connectivity index (χ0n) is 10.5. The predicted molar refractivity (Wildman–Crippen MR) is 69.5 cm³/mol. The molecule has 0 bridgehead atoms. The molecule has 0 aromatic rings. The van der Waals surface area contributed by atoms with Gasteiger partial charge in [0.1, 0.15) is 0 Å². The molecule has 96 valence electrons. The van der Waals surface area contributed by atoms with Crippen LogP contribution in [0.4, 0.5) is 0 Å². The Bertz CT molecular complexity index is 137. The second-order valence-corrected chi connectivity index (χ2v) is 4.67. The molecule has 1 aliphatic heterocycles. The Morgan fingerprint density at radius 1 is 0.625 bits per heavy atom. The third-order valence-corrected chi connectivity index (χ3v) is 3.32. The highest BCUT2D eigenvalue weighted by Crippen LogP contribution is 2.04. The van der Waals surface area contributed by atoms with Gasteiger partial charge in [-0.2, -0.15) is 0 Å². The molecular formula is C12H28N4. The van der Waals surface area contributed by atoms with E-state index < -0.39 is 0 Å². The molecular weight excluding hydrogens is 200 g/mol. The van der Waals surface area contributed by atoms with Crippen LogP contribution < -0.4 is 11.5 Å². The molecule has 0 saturated carbocycles. The van der Waals surface area contributed by atoms with Gasteiger partial charge in [0.15, 0.2) is 0 Å². The van der Waals surface area contributed by atoms with Crippen molar-refractivity contribution in [3.63, 3.8) is 0 Å². The van der Waals surface area contributed by atoms with Gasteiger partial charge in [-0.15, -0.1) is 0 Å². The Morgan fingerprint density at radius 2 is 1.00 bits per heavy atom. The molecule has 0 amide bonds. The average Bonchev–Trinajstić information content (AvgIpc) is 2.32. The first-order chi connectivity index (χ1) is 7.86. The van der Waals surface area contributed by atoms with E-state index in [-0.39, 0.29) is 0 Å². The lowest BCUT2D eigenvalue weighted by Gasteiger charge is -2.34. The smallest absolute Gasteiger partial charge is 0.0110 e. The van der Waals surface area contributed by atoms with Gasteiger partial charge in [0, 0.05) is 26.2 Å². The van der Waals surface area contributed by atoms with Gasteiger partial charge < -0.3 is 21.3 Å². The van der Waals surface area contributed by atoms with E-state index in [0.717, 1.165) is 25.9 Å². The van der Waals surface area contributed by atoms with Crippen LogP contribution in [0.3, 0.4) is 0 Å². The summed E-state index contributed by atoms with van der Waals surface area (Å²) in [6, 6.07) is 0. The van der Waals surface area contributed by atoms with Gasteiger partial charge in [-0.3, -0.25) is 0 Å². The largest absolute Gasteiger partial charge is 0.330 e. The van der Waals surface area contributed by atoms with E-state index in [1.54, 1.807) is 0 Å². The monoisotopic (exact) mass is 228 g/mol. The molecule has 1 rings (SSSR count). The maximum absolute atomic E-state index is 5.50. The Balaban J connectivity index is 2.00. The van der Waals surface area contributed by atoms with E-state index in [1.165, 1.54) is 52.1 Å². The highest BCUT2D eigenvalue weighted by molar-refractivity contribution is 4.71. The van der Waals surface area contributed by atoms with E-state index in [1.807, 2.05) is 0 Å². The molecule has 1 aliphatic rings. The van der Waals surface area contributed by atoms with E-state index >= 15 is 0 Å². The van der Waals surface area contributed by atoms with Crippen LogP contribution >= 0.6 is 0 Å². The summed E-state index contributed by atoms with van der Waals surface area (Å²) in [6.45, 7) is 9.04. The molecule has 0 unspecified atom stereocenters. The molecule has 0 aliphatic carbocycles. The fourth-order valence-corrected chi connectivity index (χ4v) is 2.20. The van der Waals surface area contributed by atoms with Gasteiger partial charge in [0.05, 0.1) is 0 Å². The van der Waals surface area contributed by atoms with Crippen molar-refractivity contribution in [3.05, 3.63) is 0 Å². The molecule has 1 fully saturated rings. The van der Waals surface area contributed by atoms with Crippen LogP contribution in [-0.2, 0) is 0 Å². The van der Waals surface area contributed by atoms with Crippen molar-refractivity contribution in [2.45, 2.75) is 25.7 Å². The summed E-state index contributed by atoms with van der Waals surface area (Å²) in [7, 11) is 0. The Morgan fingerprint density at radius 3 is 1.31 bits per heavy atom. The van der Waals surface area contributed by atoms with E-state index in [0.29, 0.717) is 0 Å². The molecule has 4 heteroatoms. The van der Waals surface area contributed by atoms with Gasteiger partial charge >= 0.3 is 0 Å². The van der Waals surface area contributed by atoms with Crippen LogP contribution in [0.1, 0.15) is 25.7 Å². The zero-order chi connectivity index (χ0) is 11.6. The van der Waals surface area contributed by atoms with Crippen LogP contribution in [0.2, 0.25) is 0 Å². The lowest BCUT2D eigenvalue weighted by Crippen LogP contribution is -2.46. The number of hydrogen-bond donors (Lipinski definition) is 2. The fourth-order valence-electron chi connectivity index (χ4n) is 2.20. The van der Waals surface area contributed by atoms with Crippen molar-refractivity contribution in [2.24, 2.45) is 11.5 Å². The van der Waals surface area contributed by atoms with Gasteiger partial charge in [0.2, 0.25) is 0 Å². The van der Waals surface area contributed by atoms with Crippen molar-refractivity contribution in [3.8, 4) is 0 Å². The lowest BCUT2D eigenvalue weighted by atomic mass is 10.2. The summed E-state index contributed by atoms with van der Waals surface area (Å²) in [5.74, 6) is 0. The minimum Gasteiger partial charge on any atom is -0.330 e. The number of nitrogens with zero attached hydrogens (tertiary/aromatic N) is 2. The first-order valence-electron chi connectivity index (χ1n) is 6.71. The first kappa shape index (κ1) is 13.9. The topological polar surface area (TPSA) is 58.5 Å². The number of rotatable bonds is 8. The number of hydrogen-bond acceptors (Lipinski definition) is 4. The first-order valence-corrected chi connectivity index (χ1v) is 6.71. The van der Waals surface area contributed by atoms with Gasteiger partial charge in [0.25, 0.3) is 0 Å². The summed E-state index contributed by atoms with van der Waals surface area (Å²) in [5, 5.41) is 0. The van der Waals surface area contributed by atoms with Gasteiger partial charge in [-0.05, 0) is 51.9 Å². The highest BCUT2D eigenvalue weighted by atomic mass is 15.3. The summed E-state index contributed by atoms with van der Waals surface area (Å²) in [6.07, 6.45) is 4.83. The van der Waals surface area contributed by atoms with Crippen molar-refractivity contribution in [2.75, 3.05) is 52.4 Å². The molecule has 1 saturated heterocycles. The van der Waals surface area contributed by atoms with E-state index in [9.17, 15) is 0 Å². The Labute approximate surface area is 99.9 Å².